The van der Waals surface area contributed by atoms with Crippen molar-refractivity contribution in [2.45, 2.75) is 20.7 Å². The zero-order valence-electron chi connectivity index (χ0n) is 15.5. The van der Waals surface area contributed by atoms with Crippen LogP contribution in [0.2, 0.25) is 0 Å². The summed E-state index contributed by atoms with van der Waals surface area (Å²) in [7, 11) is -3.75. The topological polar surface area (TPSA) is 121 Å². The Labute approximate surface area is 181 Å². The Kier molecular flexibility index (Phi) is 5.95. The number of fused-ring (bicyclic) bond motifs is 1. The van der Waals surface area contributed by atoms with E-state index in [1.54, 1.807) is 24.4 Å². The first-order chi connectivity index (χ1) is 14.4. The largest absolute Gasteiger partial charge is 0.486 e. The van der Waals surface area contributed by atoms with Gasteiger partial charge < -0.3 is 14.8 Å². The van der Waals surface area contributed by atoms with Crippen LogP contribution in [0.25, 0.3) is 0 Å². The summed E-state index contributed by atoms with van der Waals surface area (Å²) < 4.78 is 34.0. The number of hydrogen-bond acceptors (Lipinski definition) is 8. The fourth-order valence-corrected chi connectivity index (χ4v) is 5.34. The van der Waals surface area contributed by atoms with Gasteiger partial charge in [0, 0.05) is 16.0 Å². The number of ether oxygens (including phenoxy) is 2. The van der Waals surface area contributed by atoms with Crippen LogP contribution < -0.4 is 19.9 Å². The third-order valence-corrected chi connectivity index (χ3v) is 7.62. The summed E-state index contributed by atoms with van der Waals surface area (Å²) in [6.45, 7) is 1.20. The number of benzene rings is 1. The van der Waals surface area contributed by atoms with Crippen molar-refractivity contribution >= 4 is 39.0 Å². The molecule has 3 heterocycles. The Morgan fingerprint density at radius 1 is 1.17 bits per heavy atom. The smallest absolute Gasteiger partial charge is 0.254 e. The average molecular weight is 464 g/mol. The minimum Gasteiger partial charge on any atom is -0.486 e. The Balaban J connectivity index is 1.47. The van der Waals surface area contributed by atoms with Crippen LogP contribution in [-0.4, -0.2) is 32.5 Å². The van der Waals surface area contributed by atoms with Crippen molar-refractivity contribution in [3.05, 3.63) is 59.1 Å². The molecule has 0 bridgehead atoms. The molecule has 4 rings (SSSR count). The second-order valence-corrected chi connectivity index (χ2v) is 10.2. The van der Waals surface area contributed by atoms with Gasteiger partial charge in [0.05, 0.1) is 12.1 Å². The lowest BCUT2D eigenvalue weighted by molar-refractivity contribution is 0.0947. The van der Waals surface area contributed by atoms with Crippen molar-refractivity contribution in [2.75, 3.05) is 13.2 Å². The van der Waals surface area contributed by atoms with Gasteiger partial charge in [-0.1, -0.05) is 11.8 Å². The molecule has 0 aliphatic carbocycles. The SMILES string of the molecule is NS(=O)(=O)c1ccc(CNC(=O)c2cccnc2Sc2ccc3c(c2)OCCO3)s1. The summed E-state index contributed by atoms with van der Waals surface area (Å²) in [6, 6.07) is 12.0. The highest BCUT2D eigenvalue weighted by Gasteiger charge is 2.17. The highest BCUT2D eigenvalue weighted by Crippen LogP contribution is 2.37. The number of pyridine rings is 1. The number of nitrogens with zero attached hydrogens (tertiary/aromatic N) is 1. The second-order valence-electron chi connectivity index (χ2n) is 6.21. The van der Waals surface area contributed by atoms with Crippen LogP contribution in [-0.2, 0) is 16.6 Å². The van der Waals surface area contributed by atoms with Gasteiger partial charge in [-0.3, -0.25) is 4.79 Å². The van der Waals surface area contributed by atoms with E-state index in [4.69, 9.17) is 14.6 Å². The van der Waals surface area contributed by atoms with Crippen molar-refractivity contribution in [1.29, 1.82) is 0 Å². The lowest BCUT2D eigenvalue weighted by atomic mass is 10.2. The normalized spacial score (nSPS) is 13.1. The molecule has 0 atom stereocenters. The maximum atomic E-state index is 12.7. The fraction of sp³-hybridized carbons (Fsp3) is 0.158. The van der Waals surface area contributed by atoms with Crippen LogP contribution in [0.4, 0.5) is 0 Å². The van der Waals surface area contributed by atoms with Crippen LogP contribution in [0.15, 0.2) is 62.8 Å². The molecule has 11 heteroatoms. The number of sulfonamides is 1. The van der Waals surface area contributed by atoms with Gasteiger partial charge in [0.1, 0.15) is 22.4 Å². The molecule has 0 saturated carbocycles. The molecular formula is C19H17N3O5S3. The molecule has 1 aromatic carbocycles. The molecule has 1 amide bonds. The van der Waals surface area contributed by atoms with Gasteiger partial charge in [-0.2, -0.15) is 0 Å². The molecule has 0 saturated heterocycles. The Morgan fingerprint density at radius 2 is 1.97 bits per heavy atom. The van der Waals surface area contributed by atoms with E-state index in [0.717, 1.165) is 16.2 Å². The van der Waals surface area contributed by atoms with Crippen LogP contribution in [0.3, 0.4) is 0 Å². The summed E-state index contributed by atoms with van der Waals surface area (Å²) in [5.74, 6) is 1.05. The number of hydrogen-bond donors (Lipinski definition) is 2. The molecule has 156 valence electrons. The van der Waals surface area contributed by atoms with E-state index >= 15 is 0 Å². The summed E-state index contributed by atoms with van der Waals surface area (Å²) in [5.41, 5.74) is 0.417. The average Bonchev–Trinajstić information content (AvgIpc) is 3.22. The Hall–Kier alpha value is -2.60. The van der Waals surface area contributed by atoms with Crippen molar-refractivity contribution in [3.63, 3.8) is 0 Å². The number of nitrogens with two attached hydrogens (primary N) is 1. The molecule has 30 heavy (non-hydrogen) atoms. The van der Waals surface area contributed by atoms with Gasteiger partial charge in [-0.15, -0.1) is 11.3 Å². The van der Waals surface area contributed by atoms with E-state index in [-0.39, 0.29) is 16.7 Å². The van der Waals surface area contributed by atoms with Crippen molar-refractivity contribution in [1.82, 2.24) is 10.3 Å². The third-order valence-electron chi connectivity index (χ3n) is 4.08. The molecule has 3 N–H and O–H groups in total. The molecule has 1 aliphatic heterocycles. The molecule has 8 nitrogen and oxygen atoms in total. The van der Waals surface area contributed by atoms with E-state index in [2.05, 4.69) is 10.3 Å². The maximum Gasteiger partial charge on any atom is 0.254 e. The highest BCUT2D eigenvalue weighted by molar-refractivity contribution is 7.99. The van der Waals surface area contributed by atoms with Gasteiger partial charge >= 0.3 is 0 Å². The standard InChI is InChI=1S/C19H17N3O5S3/c20-30(24,25)17-6-4-13(28-17)11-22-18(23)14-2-1-7-21-19(14)29-12-3-5-15-16(10-12)27-9-8-26-15/h1-7,10H,8-9,11H2,(H,22,23)(H2,20,24,25). The number of rotatable bonds is 6. The molecule has 0 unspecified atom stereocenters. The first-order valence-corrected chi connectivity index (χ1v) is 12.0. The monoisotopic (exact) mass is 463 g/mol. The quantitative estimate of drug-likeness (QED) is 0.576. The lowest BCUT2D eigenvalue weighted by Crippen LogP contribution is -2.23. The predicted octanol–water partition coefficient (Wildman–Crippen LogP) is 2.64. The zero-order chi connectivity index (χ0) is 21.1. The highest BCUT2D eigenvalue weighted by atomic mass is 32.2. The van der Waals surface area contributed by atoms with Crippen LogP contribution in [0.1, 0.15) is 15.2 Å². The summed E-state index contributed by atoms with van der Waals surface area (Å²) in [6.07, 6.45) is 1.62. The van der Waals surface area contributed by atoms with Gasteiger partial charge in [0.25, 0.3) is 5.91 Å². The van der Waals surface area contributed by atoms with Gasteiger partial charge in [-0.25, -0.2) is 18.5 Å². The number of carbonyl (C=O) groups is 1. The van der Waals surface area contributed by atoms with Crippen molar-refractivity contribution < 1.29 is 22.7 Å². The van der Waals surface area contributed by atoms with E-state index < -0.39 is 10.0 Å². The molecular weight excluding hydrogens is 446 g/mol. The third kappa shape index (κ3) is 4.75. The van der Waals surface area contributed by atoms with Crippen LogP contribution in [0, 0.1) is 0 Å². The van der Waals surface area contributed by atoms with Gasteiger partial charge in [0.15, 0.2) is 11.5 Å². The number of primary sulfonamides is 1. The van der Waals surface area contributed by atoms with E-state index in [1.165, 1.54) is 17.8 Å². The van der Waals surface area contributed by atoms with Crippen LogP contribution >= 0.6 is 23.1 Å². The summed E-state index contributed by atoms with van der Waals surface area (Å²) in [4.78, 5) is 18.6. The lowest BCUT2D eigenvalue weighted by Gasteiger charge is -2.18. The number of carbonyl (C=O) groups excluding carboxylic acids is 1. The Morgan fingerprint density at radius 3 is 2.73 bits per heavy atom. The molecule has 0 radical (unpaired) electrons. The van der Waals surface area contributed by atoms with Gasteiger partial charge in [0.2, 0.25) is 10.0 Å². The van der Waals surface area contributed by atoms with Crippen molar-refractivity contribution in [2.24, 2.45) is 5.14 Å². The first-order valence-electron chi connectivity index (χ1n) is 8.82. The number of thiophene rings is 1. The number of amides is 1. The number of aromatic nitrogens is 1. The second kappa shape index (κ2) is 8.64. The van der Waals surface area contributed by atoms with E-state index in [9.17, 15) is 13.2 Å². The summed E-state index contributed by atoms with van der Waals surface area (Å²) >= 11 is 2.37. The van der Waals surface area contributed by atoms with Crippen molar-refractivity contribution in [3.8, 4) is 11.5 Å². The molecule has 2 aromatic heterocycles. The van der Waals surface area contributed by atoms with Crippen LogP contribution in [0.5, 0.6) is 11.5 Å². The Bertz CT molecular complexity index is 1190. The molecule has 0 fully saturated rings. The van der Waals surface area contributed by atoms with E-state index in [1.807, 2.05) is 18.2 Å². The first kappa shape index (κ1) is 20.7. The zero-order valence-corrected chi connectivity index (χ0v) is 18.0. The minimum atomic E-state index is -3.75. The molecule has 0 spiro atoms. The predicted molar refractivity (Wildman–Crippen MR) is 113 cm³/mol. The minimum absolute atomic E-state index is 0.0583. The van der Waals surface area contributed by atoms with E-state index in [0.29, 0.717) is 40.2 Å². The fourth-order valence-electron chi connectivity index (χ4n) is 2.71. The summed E-state index contributed by atoms with van der Waals surface area (Å²) in [5, 5.41) is 8.46. The molecule has 1 aliphatic rings. The molecule has 3 aromatic rings. The number of nitrogens with one attached hydrogen (secondary N) is 1. The van der Waals surface area contributed by atoms with Gasteiger partial charge in [-0.05, 0) is 42.5 Å². The maximum absolute atomic E-state index is 12.7.